The molecule has 23 heavy (non-hydrogen) atoms. The second kappa shape index (κ2) is 4.31. The van der Waals surface area contributed by atoms with Crippen molar-refractivity contribution in [3.63, 3.8) is 0 Å². The Morgan fingerprint density at radius 3 is 2.26 bits per heavy atom. The standard InChI is InChI=1S/C18H30O5/c1-9-7-8-10(19)17(6)14-12(21-16(4,5)22-14)11-13(20)18(9,17)23-15(11,2)3/h9-14,19-20H,7-8H2,1-6H3/t9-,10+,11-,12-,13-,14-,17+,18-/m0/s1. The molecule has 2 N–H and O–H groups in total. The third kappa shape index (κ3) is 1.66. The number of aliphatic hydroxyl groups excluding tert-OH is 2. The molecule has 0 aromatic heterocycles. The van der Waals surface area contributed by atoms with Crippen LogP contribution in [0.2, 0.25) is 0 Å². The van der Waals surface area contributed by atoms with Crippen LogP contribution in [-0.2, 0) is 14.2 Å². The largest absolute Gasteiger partial charge is 0.392 e. The number of hydrogen-bond donors (Lipinski definition) is 2. The first kappa shape index (κ1) is 16.3. The minimum Gasteiger partial charge on any atom is -0.392 e. The van der Waals surface area contributed by atoms with Crippen molar-refractivity contribution in [1.82, 2.24) is 0 Å². The third-order valence-corrected chi connectivity index (χ3v) is 7.23. The molecule has 2 saturated carbocycles. The highest BCUT2D eigenvalue weighted by molar-refractivity contribution is 5.28. The van der Waals surface area contributed by atoms with Gasteiger partial charge in [0.25, 0.3) is 0 Å². The molecule has 2 saturated heterocycles. The zero-order valence-corrected chi connectivity index (χ0v) is 15.0. The lowest BCUT2D eigenvalue weighted by atomic mass is 9.48. The summed E-state index contributed by atoms with van der Waals surface area (Å²) in [7, 11) is 0. The van der Waals surface area contributed by atoms with Crippen molar-refractivity contribution in [2.24, 2.45) is 17.3 Å². The molecule has 0 amide bonds. The van der Waals surface area contributed by atoms with Crippen LogP contribution in [0.3, 0.4) is 0 Å². The van der Waals surface area contributed by atoms with Crippen LogP contribution in [0.5, 0.6) is 0 Å². The van der Waals surface area contributed by atoms with Crippen molar-refractivity contribution < 1.29 is 24.4 Å². The molecule has 5 nitrogen and oxygen atoms in total. The number of ether oxygens (including phenoxy) is 3. The van der Waals surface area contributed by atoms with Gasteiger partial charge in [0, 0.05) is 5.92 Å². The van der Waals surface area contributed by atoms with Crippen LogP contribution in [-0.4, -0.2) is 51.6 Å². The van der Waals surface area contributed by atoms with Gasteiger partial charge >= 0.3 is 0 Å². The van der Waals surface area contributed by atoms with Crippen molar-refractivity contribution in [2.45, 2.75) is 95.8 Å². The first-order valence-electron chi connectivity index (χ1n) is 8.89. The summed E-state index contributed by atoms with van der Waals surface area (Å²) in [5.41, 5.74) is -1.99. The van der Waals surface area contributed by atoms with Crippen LogP contribution in [0.15, 0.2) is 0 Å². The van der Waals surface area contributed by atoms with E-state index in [1.807, 2.05) is 34.6 Å². The second-order valence-electron chi connectivity index (χ2n) is 9.27. The summed E-state index contributed by atoms with van der Waals surface area (Å²) in [6.07, 6.45) is -0.230. The van der Waals surface area contributed by atoms with Gasteiger partial charge in [-0.25, -0.2) is 0 Å². The van der Waals surface area contributed by atoms with E-state index in [0.717, 1.165) is 6.42 Å². The van der Waals surface area contributed by atoms with Crippen LogP contribution < -0.4 is 0 Å². The lowest BCUT2D eigenvalue weighted by Crippen LogP contribution is -2.74. The van der Waals surface area contributed by atoms with Crippen molar-refractivity contribution >= 4 is 0 Å². The Morgan fingerprint density at radius 1 is 0.957 bits per heavy atom. The Bertz CT molecular complexity index is 532. The monoisotopic (exact) mass is 326 g/mol. The Kier molecular flexibility index (Phi) is 3.05. The highest BCUT2D eigenvalue weighted by atomic mass is 16.8. The lowest BCUT2D eigenvalue weighted by molar-refractivity contribution is -0.288. The highest BCUT2D eigenvalue weighted by Gasteiger charge is 2.80. The zero-order valence-electron chi connectivity index (χ0n) is 15.0. The fraction of sp³-hybridized carbons (Fsp3) is 1.00. The van der Waals surface area contributed by atoms with Gasteiger partial charge in [0.2, 0.25) is 0 Å². The van der Waals surface area contributed by atoms with Gasteiger partial charge in [0.1, 0.15) is 5.60 Å². The van der Waals surface area contributed by atoms with Crippen molar-refractivity contribution in [1.29, 1.82) is 0 Å². The molecule has 4 aliphatic rings. The Balaban J connectivity index is 1.94. The van der Waals surface area contributed by atoms with E-state index in [9.17, 15) is 10.2 Å². The molecule has 2 aliphatic carbocycles. The molecule has 0 radical (unpaired) electrons. The van der Waals surface area contributed by atoms with Gasteiger partial charge in [0.05, 0.1) is 35.4 Å². The van der Waals surface area contributed by atoms with Crippen LogP contribution >= 0.6 is 0 Å². The van der Waals surface area contributed by atoms with E-state index in [4.69, 9.17) is 14.2 Å². The van der Waals surface area contributed by atoms with Crippen molar-refractivity contribution in [3.8, 4) is 0 Å². The van der Waals surface area contributed by atoms with E-state index >= 15 is 0 Å². The summed E-state index contributed by atoms with van der Waals surface area (Å²) in [5, 5.41) is 22.3. The molecule has 132 valence electrons. The van der Waals surface area contributed by atoms with Gasteiger partial charge < -0.3 is 24.4 Å². The zero-order chi connectivity index (χ0) is 17.0. The lowest BCUT2D eigenvalue weighted by Gasteiger charge is -2.61. The molecule has 8 atom stereocenters. The molecule has 2 aliphatic heterocycles. The van der Waals surface area contributed by atoms with Crippen molar-refractivity contribution in [2.75, 3.05) is 0 Å². The molecule has 0 unspecified atom stereocenters. The van der Waals surface area contributed by atoms with E-state index in [1.165, 1.54) is 0 Å². The number of fused-ring (bicyclic) bond motifs is 4. The minimum absolute atomic E-state index is 0.156. The summed E-state index contributed by atoms with van der Waals surface area (Å²) in [4.78, 5) is 0. The molecular formula is C18H30O5. The topological polar surface area (TPSA) is 68.2 Å². The van der Waals surface area contributed by atoms with Gasteiger partial charge in [-0.1, -0.05) is 13.8 Å². The maximum Gasteiger partial charge on any atom is 0.163 e. The minimum atomic E-state index is -0.788. The van der Waals surface area contributed by atoms with E-state index < -0.39 is 34.6 Å². The maximum atomic E-state index is 11.3. The molecule has 2 heterocycles. The number of aliphatic hydroxyl groups is 2. The first-order chi connectivity index (χ1) is 10.5. The smallest absolute Gasteiger partial charge is 0.163 e. The first-order valence-corrected chi connectivity index (χ1v) is 8.89. The molecule has 4 rings (SSSR count). The van der Waals surface area contributed by atoms with Gasteiger partial charge in [0.15, 0.2) is 5.79 Å². The van der Waals surface area contributed by atoms with E-state index in [0.29, 0.717) is 6.42 Å². The predicted octanol–water partition coefficient (Wildman–Crippen LogP) is 1.84. The fourth-order valence-corrected chi connectivity index (χ4v) is 6.25. The van der Waals surface area contributed by atoms with E-state index in [2.05, 4.69) is 6.92 Å². The maximum absolute atomic E-state index is 11.3. The Morgan fingerprint density at radius 2 is 1.61 bits per heavy atom. The molecule has 2 bridgehead atoms. The average molecular weight is 326 g/mol. The summed E-state index contributed by atoms with van der Waals surface area (Å²) >= 11 is 0. The second-order valence-corrected chi connectivity index (χ2v) is 9.27. The van der Waals surface area contributed by atoms with Gasteiger partial charge in [-0.15, -0.1) is 0 Å². The van der Waals surface area contributed by atoms with Crippen LogP contribution in [0.1, 0.15) is 54.4 Å². The highest BCUT2D eigenvalue weighted by Crippen LogP contribution is 2.68. The van der Waals surface area contributed by atoms with Gasteiger partial charge in [-0.2, -0.15) is 0 Å². The SMILES string of the molecule is C[C@H]1CC[C@@H](O)[C@]2(C)[C@H]3OC(C)(C)O[C@H]3[C@H]3[C@H](O)[C@@]12OC3(C)C. The van der Waals surface area contributed by atoms with Crippen LogP contribution in [0.4, 0.5) is 0 Å². The molecule has 0 aromatic rings. The Hall–Kier alpha value is -0.200. The predicted molar refractivity (Wildman–Crippen MR) is 83.7 cm³/mol. The molecule has 1 spiro atoms. The summed E-state index contributed by atoms with van der Waals surface area (Å²) in [6, 6.07) is 0. The molecular weight excluding hydrogens is 296 g/mol. The Labute approximate surface area is 138 Å². The molecule has 4 fully saturated rings. The average Bonchev–Trinajstić information content (AvgIpc) is 2.82. The fourth-order valence-electron chi connectivity index (χ4n) is 6.25. The van der Waals surface area contributed by atoms with Crippen LogP contribution in [0.25, 0.3) is 0 Å². The third-order valence-electron chi connectivity index (χ3n) is 7.23. The normalized spacial score (nSPS) is 59.5. The van der Waals surface area contributed by atoms with Crippen molar-refractivity contribution in [3.05, 3.63) is 0 Å². The number of rotatable bonds is 0. The van der Waals surface area contributed by atoms with Crippen LogP contribution in [0, 0.1) is 17.3 Å². The van der Waals surface area contributed by atoms with Gasteiger partial charge in [-0.3, -0.25) is 0 Å². The number of hydrogen-bond acceptors (Lipinski definition) is 5. The van der Waals surface area contributed by atoms with E-state index in [-0.39, 0.29) is 24.0 Å². The summed E-state index contributed by atoms with van der Waals surface area (Å²) in [5.74, 6) is -0.709. The quantitative estimate of drug-likeness (QED) is 0.711. The van der Waals surface area contributed by atoms with Gasteiger partial charge in [-0.05, 0) is 46.5 Å². The molecule has 0 aromatic carbocycles. The summed E-state index contributed by atoms with van der Waals surface area (Å²) < 4.78 is 19.1. The molecule has 5 heteroatoms. The summed E-state index contributed by atoms with van der Waals surface area (Å²) in [6.45, 7) is 12.0. The van der Waals surface area contributed by atoms with E-state index in [1.54, 1.807) is 0 Å².